The molecule has 0 N–H and O–H groups in total. The predicted octanol–water partition coefficient (Wildman–Crippen LogP) is 3.76. The van der Waals surface area contributed by atoms with Crippen LogP contribution in [0.15, 0.2) is 40.4 Å². The summed E-state index contributed by atoms with van der Waals surface area (Å²) in [6, 6.07) is 9.63. The molecule has 1 aliphatic rings. The third kappa shape index (κ3) is 4.01. The lowest BCUT2D eigenvalue weighted by Crippen LogP contribution is -2.34. The zero-order chi connectivity index (χ0) is 17.2. The van der Waals surface area contributed by atoms with Crippen LogP contribution in [-0.4, -0.2) is 39.8 Å². The molecule has 0 bridgehead atoms. The average Bonchev–Trinajstić information content (AvgIpc) is 3.16. The molecule has 2 heterocycles. The Morgan fingerprint density at radius 2 is 2.04 bits per heavy atom. The van der Waals surface area contributed by atoms with Crippen LogP contribution in [0.1, 0.15) is 33.0 Å². The van der Waals surface area contributed by atoms with Gasteiger partial charge in [0.2, 0.25) is 0 Å². The van der Waals surface area contributed by atoms with Crippen LogP contribution in [0, 0.1) is 0 Å². The molecule has 1 fully saturated rings. The molecule has 1 saturated heterocycles. The fraction of sp³-hybridized carbons (Fsp3) is 0.389. The number of carbonyl (C=O) groups is 1. The molecule has 1 aromatic heterocycles. The fourth-order valence-corrected chi connectivity index (χ4v) is 2.46. The maximum Gasteiger partial charge on any atom is 0.410 e. The maximum atomic E-state index is 12.1. The highest BCUT2D eigenvalue weighted by Crippen LogP contribution is 2.22. The van der Waals surface area contributed by atoms with E-state index in [4.69, 9.17) is 9.26 Å². The number of rotatable bonds is 2. The highest BCUT2D eigenvalue weighted by molar-refractivity contribution is 5.70. The van der Waals surface area contributed by atoms with Crippen LogP contribution in [0.5, 0.6) is 0 Å². The number of likely N-dealkylation sites (tertiary alicyclic amines) is 1. The number of ether oxygens (including phenoxy) is 1. The van der Waals surface area contributed by atoms with Gasteiger partial charge in [-0.25, -0.2) is 4.79 Å². The molecule has 0 saturated carbocycles. The lowest BCUT2D eigenvalue weighted by molar-refractivity contribution is 0.0299. The summed E-state index contributed by atoms with van der Waals surface area (Å²) in [5.41, 5.74) is 1.49. The van der Waals surface area contributed by atoms with Gasteiger partial charge < -0.3 is 14.2 Å². The van der Waals surface area contributed by atoms with Gasteiger partial charge in [-0.3, -0.25) is 0 Å². The number of benzene rings is 1. The Balaban J connectivity index is 1.66. The summed E-state index contributed by atoms with van der Waals surface area (Å²) in [5.74, 6) is 1.01. The summed E-state index contributed by atoms with van der Waals surface area (Å²) in [6.45, 7) is 6.76. The maximum absolute atomic E-state index is 12.1. The second kappa shape index (κ2) is 6.47. The summed E-state index contributed by atoms with van der Waals surface area (Å²) in [4.78, 5) is 18.1. The average molecular weight is 327 g/mol. The zero-order valence-electron chi connectivity index (χ0n) is 14.2. The van der Waals surface area contributed by atoms with E-state index >= 15 is 0 Å². The van der Waals surface area contributed by atoms with E-state index in [-0.39, 0.29) is 6.09 Å². The third-order valence-electron chi connectivity index (χ3n) is 3.54. The van der Waals surface area contributed by atoms with Gasteiger partial charge in [0.1, 0.15) is 5.60 Å². The van der Waals surface area contributed by atoms with Crippen molar-refractivity contribution >= 4 is 12.2 Å². The smallest absolute Gasteiger partial charge is 0.410 e. The van der Waals surface area contributed by atoms with Crippen molar-refractivity contribution in [2.24, 2.45) is 0 Å². The van der Waals surface area contributed by atoms with Crippen LogP contribution in [-0.2, 0) is 4.74 Å². The van der Waals surface area contributed by atoms with Crippen molar-refractivity contribution in [2.45, 2.75) is 32.8 Å². The second-order valence-corrected chi connectivity index (χ2v) is 6.78. The van der Waals surface area contributed by atoms with Crippen LogP contribution >= 0.6 is 0 Å². The van der Waals surface area contributed by atoms with Gasteiger partial charge in [-0.15, -0.1) is 0 Å². The highest BCUT2D eigenvalue weighted by atomic mass is 16.6. The van der Waals surface area contributed by atoms with Crippen LogP contribution in [0.2, 0.25) is 0 Å². The molecule has 0 aliphatic carbocycles. The van der Waals surface area contributed by atoms with E-state index in [9.17, 15) is 4.79 Å². The van der Waals surface area contributed by atoms with Crippen molar-refractivity contribution in [3.63, 3.8) is 0 Å². The van der Waals surface area contributed by atoms with Gasteiger partial charge in [-0.05, 0) is 51.0 Å². The molecule has 126 valence electrons. The fourth-order valence-electron chi connectivity index (χ4n) is 2.46. The number of hydrogen-bond donors (Lipinski definition) is 0. The number of carbonyl (C=O) groups excluding carboxylic acids is 1. The van der Waals surface area contributed by atoms with Gasteiger partial charge >= 0.3 is 6.09 Å². The lowest BCUT2D eigenvalue weighted by Gasteiger charge is -2.23. The van der Waals surface area contributed by atoms with Crippen LogP contribution in [0.4, 0.5) is 4.79 Å². The molecular weight excluding hydrogens is 306 g/mol. The van der Waals surface area contributed by atoms with Crippen LogP contribution in [0.25, 0.3) is 17.5 Å². The SMILES string of the molecule is CC(C)(C)OC(=O)N1CCC(=Cc2noc(-c3ccccc3)n2)C1. The topological polar surface area (TPSA) is 68.5 Å². The first kappa shape index (κ1) is 16.2. The molecule has 1 aliphatic heterocycles. The van der Waals surface area contributed by atoms with E-state index in [1.807, 2.05) is 57.2 Å². The van der Waals surface area contributed by atoms with E-state index in [1.165, 1.54) is 0 Å². The van der Waals surface area contributed by atoms with E-state index in [0.29, 0.717) is 24.8 Å². The minimum absolute atomic E-state index is 0.288. The van der Waals surface area contributed by atoms with Gasteiger partial charge in [0.15, 0.2) is 5.82 Å². The molecule has 3 rings (SSSR count). The van der Waals surface area contributed by atoms with E-state index in [1.54, 1.807) is 4.90 Å². The van der Waals surface area contributed by atoms with Crippen molar-refractivity contribution in [1.82, 2.24) is 15.0 Å². The molecule has 1 aromatic carbocycles. The molecule has 0 spiro atoms. The first-order valence-corrected chi connectivity index (χ1v) is 7.97. The first-order valence-electron chi connectivity index (χ1n) is 7.97. The van der Waals surface area contributed by atoms with E-state index < -0.39 is 5.60 Å². The van der Waals surface area contributed by atoms with Crippen molar-refractivity contribution in [1.29, 1.82) is 0 Å². The number of aromatic nitrogens is 2. The normalized spacial score (nSPS) is 16.6. The standard InChI is InChI=1S/C18H21N3O3/c1-18(2,3)23-17(22)21-10-9-13(12-21)11-15-19-16(24-20-15)14-7-5-4-6-8-14/h4-8,11H,9-10,12H2,1-3H3. The number of hydrogen-bond acceptors (Lipinski definition) is 5. The zero-order valence-corrected chi connectivity index (χ0v) is 14.2. The molecule has 6 heteroatoms. The van der Waals surface area contributed by atoms with Crippen LogP contribution in [0.3, 0.4) is 0 Å². The van der Waals surface area contributed by atoms with Crippen molar-refractivity contribution in [3.8, 4) is 11.5 Å². The second-order valence-electron chi connectivity index (χ2n) is 6.78. The molecule has 1 amide bonds. The summed E-state index contributed by atoms with van der Waals surface area (Å²) in [5, 5.41) is 3.99. The predicted molar refractivity (Wildman–Crippen MR) is 90.1 cm³/mol. The monoisotopic (exact) mass is 327 g/mol. The minimum Gasteiger partial charge on any atom is -0.444 e. The minimum atomic E-state index is -0.484. The Bertz CT molecular complexity index is 744. The Hall–Kier alpha value is -2.63. The van der Waals surface area contributed by atoms with Gasteiger partial charge in [0, 0.05) is 18.7 Å². The van der Waals surface area contributed by atoms with Gasteiger partial charge in [-0.2, -0.15) is 4.98 Å². The summed E-state index contributed by atoms with van der Waals surface area (Å²) >= 11 is 0. The Labute approximate surface area is 141 Å². The van der Waals surface area contributed by atoms with Gasteiger partial charge in [-0.1, -0.05) is 23.4 Å². The Morgan fingerprint density at radius 3 is 2.75 bits per heavy atom. The van der Waals surface area contributed by atoms with E-state index in [0.717, 1.165) is 17.6 Å². The number of amides is 1. The summed E-state index contributed by atoms with van der Waals surface area (Å²) in [7, 11) is 0. The molecule has 0 atom stereocenters. The molecule has 0 unspecified atom stereocenters. The molecular formula is C18H21N3O3. The van der Waals surface area contributed by atoms with Crippen LogP contribution < -0.4 is 0 Å². The van der Waals surface area contributed by atoms with Gasteiger partial charge in [0.05, 0.1) is 0 Å². The highest BCUT2D eigenvalue weighted by Gasteiger charge is 2.26. The molecule has 6 nitrogen and oxygen atoms in total. The van der Waals surface area contributed by atoms with Crippen molar-refractivity contribution in [3.05, 3.63) is 41.7 Å². The Morgan fingerprint density at radius 1 is 1.29 bits per heavy atom. The molecule has 2 aromatic rings. The van der Waals surface area contributed by atoms with Crippen molar-refractivity contribution in [2.75, 3.05) is 13.1 Å². The summed E-state index contributed by atoms with van der Waals surface area (Å²) < 4.78 is 10.7. The first-order chi connectivity index (χ1) is 11.4. The largest absolute Gasteiger partial charge is 0.444 e. The Kier molecular flexibility index (Phi) is 4.38. The van der Waals surface area contributed by atoms with Gasteiger partial charge in [0.25, 0.3) is 5.89 Å². The third-order valence-corrected chi connectivity index (χ3v) is 3.54. The lowest BCUT2D eigenvalue weighted by atomic mass is 10.2. The van der Waals surface area contributed by atoms with Crippen molar-refractivity contribution < 1.29 is 14.1 Å². The quantitative estimate of drug-likeness (QED) is 0.840. The summed E-state index contributed by atoms with van der Waals surface area (Å²) in [6.07, 6.45) is 2.37. The van der Waals surface area contributed by atoms with E-state index in [2.05, 4.69) is 10.1 Å². The molecule has 24 heavy (non-hydrogen) atoms. The molecule has 0 radical (unpaired) electrons. The number of nitrogens with zero attached hydrogens (tertiary/aromatic N) is 3.